The van der Waals surface area contributed by atoms with E-state index >= 15 is 0 Å². The van der Waals surface area contributed by atoms with Crippen LogP contribution in [-0.4, -0.2) is 12.1 Å². The van der Waals surface area contributed by atoms with Crippen molar-refractivity contribution in [3.8, 4) is 0 Å². The maximum absolute atomic E-state index is 3.63. The molecule has 0 radical (unpaired) electrons. The highest BCUT2D eigenvalue weighted by atomic mass is 15.0. The van der Waals surface area contributed by atoms with Crippen LogP contribution in [0.4, 0.5) is 0 Å². The molecule has 0 spiro atoms. The Morgan fingerprint density at radius 3 is 2.36 bits per heavy atom. The zero-order valence-corrected chi connectivity index (χ0v) is 8.28. The van der Waals surface area contributed by atoms with Crippen LogP contribution < -0.4 is 5.32 Å². The predicted molar refractivity (Wildman–Crippen MR) is 49.7 cm³/mol. The van der Waals surface area contributed by atoms with Crippen molar-refractivity contribution in [2.45, 2.75) is 59.0 Å². The van der Waals surface area contributed by atoms with Gasteiger partial charge in [-0.05, 0) is 18.3 Å². The van der Waals surface area contributed by atoms with Gasteiger partial charge >= 0.3 is 0 Å². The summed E-state index contributed by atoms with van der Waals surface area (Å²) >= 11 is 0. The van der Waals surface area contributed by atoms with E-state index in [0.29, 0.717) is 11.5 Å². The lowest BCUT2D eigenvalue weighted by molar-refractivity contribution is 0.270. The second kappa shape index (κ2) is 3.14. The van der Waals surface area contributed by atoms with E-state index in [9.17, 15) is 0 Å². The summed E-state index contributed by atoms with van der Waals surface area (Å²) in [7, 11) is 0. The minimum atomic E-state index is 0.532. The second-order valence-corrected chi connectivity index (χ2v) is 4.75. The van der Waals surface area contributed by atoms with Gasteiger partial charge in [0.15, 0.2) is 0 Å². The molecule has 0 aromatic rings. The highest BCUT2D eigenvalue weighted by Gasteiger charge is 2.34. The molecule has 0 aliphatic heterocycles. The smallest absolute Gasteiger partial charge is 0.0121 e. The van der Waals surface area contributed by atoms with Crippen molar-refractivity contribution in [2.24, 2.45) is 5.41 Å². The van der Waals surface area contributed by atoms with E-state index < -0.39 is 0 Å². The van der Waals surface area contributed by atoms with Crippen molar-refractivity contribution in [3.05, 3.63) is 0 Å². The molecule has 0 aromatic heterocycles. The van der Waals surface area contributed by atoms with Crippen molar-refractivity contribution in [1.29, 1.82) is 0 Å². The molecule has 1 N–H and O–H groups in total. The lowest BCUT2D eigenvalue weighted by atomic mass is 9.87. The fourth-order valence-electron chi connectivity index (χ4n) is 2.04. The Morgan fingerprint density at radius 1 is 1.36 bits per heavy atom. The van der Waals surface area contributed by atoms with Crippen LogP contribution in [0, 0.1) is 5.41 Å². The minimum absolute atomic E-state index is 0.532. The molecule has 1 aliphatic rings. The lowest BCUT2D eigenvalue weighted by Crippen LogP contribution is -2.41. The van der Waals surface area contributed by atoms with Crippen LogP contribution in [0.2, 0.25) is 0 Å². The first-order valence-corrected chi connectivity index (χ1v) is 4.78. The first-order valence-electron chi connectivity index (χ1n) is 4.78. The van der Waals surface area contributed by atoms with Gasteiger partial charge in [0, 0.05) is 12.1 Å². The largest absolute Gasteiger partial charge is 0.311 e. The van der Waals surface area contributed by atoms with Gasteiger partial charge in [-0.1, -0.05) is 34.1 Å². The minimum Gasteiger partial charge on any atom is -0.311 e. The molecule has 0 saturated heterocycles. The summed E-state index contributed by atoms with van der Waals surface area (Å²) in [6.07, 6.45) is 4.15. The SMILES string of the molecule is CC(C)NC1CCCC1(C)C. The van der Waals surface area contributed by atoms with E-state index in [2.05, 4.69) is 33.0 Å². The van der Waals surface area contributed by atoms with Crippen LogP contribution in [0.15, 0.2) is 0 Å². The third-order valence-corrected chi connectivity index (χ3v) is 2.79. The predicted octanol–water partition coefficient (Wildman–Crippen LogP) is 2.56. The Labute approximate surface area is 70.6 Å². The molecule has 1 heteroatoms. The van der Waals surface area contributed by atoms with Crippen LogP contribution in [0.1, 0.15) is 47.0 Å². The molecule has 1 nitrogen and oxygen atoms in total. The Morgan fingerprint density at radius 2 is 2.00 bits per heavy atom. The van der Waals surface area contributed by atoms with Gasteiger partial charge in [-0.15, -0.1) is 0 Å². The summed E-state index contributed by atoms with van der Waals surface area (Å²) < 4.78 is 0. The van der Waals surface area contributed by atoms with Gasteiger partial charge in [-0.2, -0.15) is 0 Å². The maximum atomic E-state index is 3.63. The van der Waals surface area contributed by atoms with Gasteiger partial charge in [0.1, 0.15) is 0 Å². The van der Waals surface area contributed by atoms with Crippen molar-refractivity contribution < 1.29 is 0 Å². The molecule has 0 heterocycles. The maximum Gasteiger partial charge on any atom is 0.0121 e. The van der Waals surface area contributed by atoms with Gasteiger partial charge in [-0.3, -0.25) is 0 Å². The number of nitrogens with one attached hydrogen (secondary N) is 1. The topological polar surface area (TPSA) is 12.0 Å². The average molecular weight is 155 g/mol. The lowest BCUT2D eigenvalue weighted by Gasteiger charge is -2.29. The van der Waals surface area contributed by atoms with E-state index in [1.807, 2.05) is 0 Å². The first-order chi connectivity index (χ1) is 5.02. The molecule has 1 unspecified atom stereocenters. The molecular weight excluding hydrogens is 134 g/mol. The van der Waals surface area contributed by atoms with Gasteiger partial charge in [0.25, 0.3) is 0 Å². The highest BCUT2D eigenvalue weighted by Crippen LogP contribution is 2.37. The van der Waals surface area contributed by atoms with E-state index in [1.165, 1.54) is 19.3 Å². The molecule has 66 valence electrons. The Hall–Kier alpha value is -0.0400. The molecule has 1 rings (SSSR count). The van der Waals surface area contributed by atoms with Crippen molar-refractivity contribution in [2.75, 3.05) is 0 Å². The number of hydrogen-bond donors (Lipinski definition) is 1. The van der Waals surface area contributed by atoms with Crippen molar-refractivity contribution in [3.63, 3.8) is 0 Å². The molecular formula is C10H21N. The molecule has 11 heavy (non-hydrogen) atoms. The van der Waals surface area contributed by atoms with Crippen molar-refractivity contribution >= 4 is 0 Å². The van der Waals surface area contributed by atoms with Gasteiger partial charge in [0.05, 0.1) is 0 Å². The summed E-state index contributed by atoms with van der Waals surface area (Å²) in [5, 5.41) is 3.63. The molecule has 1 atom stereocenters. The first kappa shape index (κ1) is 9.05. The molecule has 0 bridgehead atoms. The van der Waals surface area contributed by atoms with Crippen LogP contribution in [-0.2, 0) is 0 Å². The van der Waals surface area contributed by atoms with Crippen LogP contribution >= 0.6 is 0 Å². The fourth-order valence-corrected chi connectivity index (χ4v) is 2.04. The highest BCUT2D eigenvalue weighted by molar-refractivity contribution is 4.90. The van der Waals surface area contributed by atoms with Crippen LogP contribution in [0.5, 0.6) is 0 Å². The summed E-state index contributed by atoms with van der Waals surface area (Å²) in [5.74, 6) is 0. The summed E-state index contributed by atoms with van der Waals surface area (Å²) in [6, 6.07) is 1.39. The Kier molecular flexibility index (Phi) is 2.58. The van der Waals surface area contributed by atoms with Crippen molar-refractivity contribution in [1.82, 2.24) is 5.32 Å². The summed E-state index contributed by atoms with van der Waals surface area (Å²) in [5.41, 5.74) is 0.532. The second-order valence-electron chi connectivity index (χ2n) is 4.75. The number of rotatable bonds is 2. The summed E-state index contributed by atoms with van der Waals surface area (Å²) in [6.45, 7) is 9.21. The van der Waals surface area contributed by atoms with E-state index in [1.54, 1.807) is 0 Å². The molecule has 1 fully saturated rings. The molecule has 1 aliphatic carbocycles. The van der Waals surface area contributed by atoms with Crippen LogP contribution in [0.25, 0.3) is 0 Å². The Bertz CT molecular complexity index is 127. The normalized spacial score (nSPS) is 29.7. The quantitative estimate of drug-likeness (QED) is 0.646. The standard InChI is InChI=1S/C10H21N/c1-8(2)11-9-6-5-7-10(9,3)4/h8-9,11H,5-7H2,1-4H3. The van der Waals surface area contributed by atoms with Gasteiger partial charge in [-0.25, -0.2) is 0 Å². The van der Waals surface area contributed by atoms with E-state index in [0.717, 1.165) is 6.04 Å². The molecule has 0 amide bonds. The van der Waals surface area contributed by atoms with E-state index in [4.69, 9.17) is 0 Å². The third kappa shape index (κ3) is 2.19. The van der Waals surface area contributed by atoms with Gasteiger partial charge in [0.2, 0.25) is 0 Å². The molecule has 1 saturated carbocycles. The zero-order valence-electron chi connectivity index (χ0n) is 8.28. The number of hydrogen-bond acceptors (Lipinski definition) is 1. The Balaban J connectivity index is 2.45. The van der Waals surface area contributed by atoms with E-state index in [-0.39, 0.29) is 0 Å². The zero-order chi connectivity index (χ0) is 8.48. The summed E-state index contributed by atoms with van der Waals surface area (Å²) in [4.78, 5) is 0. The van der Waals surface area contributed by atoms with Gasteiger partial charge < -0.3 is 5.32 Å². The average Bonchev–Trinajstić information content (AvgIpc) is 2.10. The third-order valence-electron chi connectivity index (χ3n) is 2.79. The fraction of sp³-hybridized carbons (Fsp3) is 1.00. The molecule has 0 aromatic carbocycles. The van der Waals surface area contributed by atoms with Crippen LogP contribution in [0.3, 0.4) is 0 Å². The monoisotopic (exact) mass is 155 g/mol.